The van der Waals surface area contributed by atoms with Gasteiger partial charge >= 0.3 is 5.97 Å². The lowest BCUT2D eigenvalue weighted by molar-refractivity contribution is -0.145. The predicted molar refractivity (Wildman–Crippen MR) is 63.0 cm³/mol. The van der Waals surface area contributed by atoms with Crippen LogP contribution >= 0.6 is 0 Å². The van der Waals surface area contributed by atoms with Crippen LogP contribution in [0.2, 0.25) is 0 Å². The highest BCUT2D eigenvalue weighted by Crippen LogP contribution is 2.18. The third-order valence-corrected chi connectivity index (χ3v) is 2.23. The van der Waals surface area contributed by atoms with E-state index < -0.39 is 0 Å². The van der Waals surface area contributed by atoms with Gasteiger partial charge in [-0.3, -0.25) is 0 Å². The minimum absolute atomic E-state index is 0.0769. The summed E-state index contributed by atoms with van der Waals surface area (Å²) in [6, 6.07) is 5.44. The normalized spacial score (nSPS) is 10.5. The van der Waals surface area contributed by atoms with Gasteiger partial charge < -0.3 is 14.5 Å². The van der Waals surface area contributed by atoms with E-state index in [-0.39, 0.29) is 12.6 Å². The monoisotopic (exact) mass is 234 g/mol. The van der Waals surface area contributed by atoms with Crippen LogP contribution in [0.4, 0.5) is 0 Å². The van der Waals surface area contributed by atoms with E-state index in [0.717, 1.165) is 16.9 Å². The quantitative estimate of drug-likeness (QED) is 0.819. The average Bonchev–Trinajstić information content (AvgIpc) is 2.66. The number of imidazole rings is 1. The molecule has 0 radical (unpaired) electrons. The van der Waals surface area contributed by atoms with Crippen LogP contribution in [0, 0.1) is 6.92 Å². The summed E-state index contributed by atoms with van der Waals surface area (Å²) in [6.07, 6.45) is 0. The lowest BCUT2D eigenvalue weighted by Gasteiger charge is -2.05. The first-order chi connectivity index (χ1) is 8.19. The third-order valence-electron chi connectivity index (χ3n) is 2.23. The molecule has 0 bridgehead atoms. The Labute approximate surface area is 98.8 Å². The number of esters is 1. The number of aromatic amines is 1. The highest BCUT2D eigenvalue weighted by atomic mass is 16.6. The van der Waals surface area contributed by atoms with Gasteiger partial charge in [0, 0.05) is 6.07 Å². The molecule has 2 rings (SSSR count). The van der Waals surface area contributed by atoms with E-state index in [9.17, 15) is 4.79 Å². The molecular weight excluding hydrogens is 220 g/mol. The Hall–Kier alpha value is -2.04. The maximum atomic E-state index is 11.1. The number of benzene rings is 1. The van der Waals surface area contributed by atoms with Gasteiger partial charge in [0.15, 0.2) is 6.61 Å². The molecule has 0 aliphatic carbocycles. The first-order valence-electron chi connectivity index (χ1n) is 5.44. The largest absolute Gasteiger partial charge is 0.482 e. The van der Waals surface area contributed by atoms with Crippen molar-refractivity contribution < 1.29 is 14.3 Å². The second-order valence-electron chi connectivity index (χ2n) is 3.59. The SMILES string of the molecule is CCOC(=O)COc1ccc2nc(C)[nH]c2c1. The van der Waals surface area contributed by atoms with Crippen LogP contribution in [0.25, 0.3) is 11.0 Å². The average molecular weight is 234 g/mol. The van der Waals surface area contributed by atoms with Crippen molar-refractivity contribution in [2.24, 2.45) is 0 Å². The number of hydrogen-bond acceptors (Lipinski definition) is 4. The molecule has 1 heterocycles. The molecule has 0 saturated carbocycles. The van der Waals surface area contributed by atoms with Gasteiger partial charge in [-0.2, -0.15) is 0 Å². The van der Waals surface area contributed by atoms with Gasteiger partial charge in [-0.15, -0.1) is 0 Å². The van der Waals surface area contributed by atoms with E-state index in [2.05, 4.69) is 9.97 Å². The molecule has 0 amide bonds. The number of aryl methyl sites for hydroxylation is 1. The third kappa shape index (κ3) is 2.75. The molecule has 90 valence electrons. The van der Waals surface area contributed by atoms with Crippen molar-refractivity contribution in [3.8, 4) is 5.75 Å². The number of nitrogens with zero attached hydrogens (tertiary/aromatic N) is 1. The van der Waals surface area contributed by atoms with Crippen molar-refractivity contribution >= 4 is 17.0 Å². The molecule has 5 heteroatoms. The van der Waals surface area contributed by atoms with E-state index in [0.29, 0.717) is 12.4 Å². The Morgan fingerprint density at radius 1 is 1.47 bits per heavy atom. The zero-order valence-electron chi connectivity index (χ0n) is 9.82. The van der Waals surface area contributed by atoms with Crippen molar-refractivity contribution in [1.82, 2.24) is 9.97 Å². The first kappa shape index (κ1) is 11.4. The fourth-order valence-corrected chi connectivity index (χ4v) is 1.55. The minimum Gasteiger partial charge on any atom is -0.482 e. The molecule has 1 aromatic carbocycles. The molecule has 0 unspecified atom stereocenters. The maximum absolute atomic E-state index is 11.1. The summed E-state index contributed by atoms with van der Waals surface area (Å²) < 4.78 is 10.1. The Kier molecular flexibility index (Phi) is 3.27. The summed E-state index contributed by atoms with van der Waals surface area (Å²) in [6.45, 7) is 3.93. The van der Waals surface area contributed by atoms with Gasteiger partial charge in [-0.25, -0.2) is 9.78 Å². The predicted octanol–water partition coefficient (Wildman–Crippen LogP) is 1.81. The highest BCUT2D eigenvalue weighted by Gasteiger charge is 2.05. The summed E-state index contributed by atoms with van der Waals surface area (Å²) in [5.74, 6) is 1.10. The lowest BCUT2D eigenvalue weighted by atomic mass is 10.3. The molecule has 0 saturated heterocycles. The number of aromatic nitrogens is 2. The molecule has 0 fully saturated rings. The Morgan fingerprint density at radius 3 is 3.06 bits per heavy atom. The molecule has 0 aliphatic rings. The molecule has 0 atom stereocenters. The zero-order chi connectivity index (χ0) is 12.3. The van der Waals surface area contributed by atoms with Gasteiger partial charge in [0.05, 0.1) is 17.6 Å². The fourth-order valence-electron chi connectivity index (χ4n) is 1.55. The molecule has 2 aromatic rings. The zero-order valence-corrected chi connectivity index (χ0v) is 9.82. The second-order valence-corrected chi connectivity index (χ2v) is 3.59. The van der Waals surface area contributed by atoms with Crippen LogP contribution in [0.5, 0.6) is 5.75 Å². The summed E-state index contributed by atoms with van der Waals surface area (Å²) in [7, 11) is 0. The number of carbonyl (C=O) groups is 1. The van der Waals surface area contributed by atoms with Gasteiger partial charge in [0.25, 0.3) is 0 Å². The minimum atomic E-state index is -0.367. The molecule has 1 aromatic heterocycles. The summed E-state index contributed by atoms with van der Waals surface area (Å²) in [5.41, 5.74) is 1.77. The van der Waals surface area contributed by atoms with Crippen LogP contribution in [0.3, 0.4) is 0 Å². The van der Waals surface area contributed by atoms with Crippen LogP contribution in [-0.4, -0.2) is 29.2 Å². The topological polar surface area (TPSA) is 64.2 Å². The van der Waals surface area contributed by atoms with Crippen LogP contribution in [0.1, 0.15) is 12.7 Å². The van der Waals surface area contributed by atoms with Crippen molar-refractivity contribution in [2.45, 2.75) is 13.8 Å². The molecule has 0 aliphatic heterocycles. The molecule has 1 N–H and O–H groups in total. The first-order valence-corrected chi connectivity index (χ1v) is 5.44. The molecular formula is C12H14N2O3. The lowest BCUT2D eigenvalue weighted by Crippen LogP contribution is -2.14. The van der Waals surface area contributed by atoms with E-state index in [1.165, 1.54) is 0 Å². The van der Waals surface area contributed by atoms with E-state index in [1.807, 2.05) is 19.1 Å². The number of nitrogens with one attached hydrogen (secondary N) is 1. The highest BCUT2D eigenvalue weighted by molar-refractivity contribution is 5.77. The molecule has 17 heavy (non-hydrogen) atoms. The van der Waals surface area contributed by atoms with Crippen LogP contribution in [-0.2, 0) is 9.53 Å². The van der Waals surface area contributed by atoms with Crippen molar-refractivity contribution in [3.05, 3.63) is 24.0 Å². The van der Waals surface area contributed by atoms with E-state index in [1.54, 1.807) is 13.0 Å². The number of fused-ring (bicyclic) bond motifs is 1. The number of rotatable bonds is 4. The van der Waals surface area contributed by atoms with Crippen molar-refractivity contribution in [3.63, 3.8) is 0 Å². The van der Waals surface area contributed by atoms with Crippen LogP contribution < -0.4 is 4.74 Å². The summed E-state index contributed by atoms with van der Waals surface area (Å²) >= 11 is 0. The summed E-state index contributed by atoms with van der Waals surface area (Å²) in [4.78, 5) is 18.5. The maximum Gasteiger partial charge on any atom is 0.344 e. The Balaban J connectivity index is 2.06. The van der Waals surface area contributed by atoms with Gasteiger partial charge in [-0.1, -0.05) is 0 Å². The smallest absolute Gasteiger partial charge is 0.344 e. The number of H-pyrrole nitrogens is 1. The van der Waals surface area contributed by atoms with Crippen LogP contribution in [0.15, 0.2) is 18.2 Å². The number of ether oxygens (including phenoxy) is 2. The summed E-state index contributed by atoms with van der Waals surface area (Å²) in [5, 5.41) is 0. The fraction of sp³-hybridized carbons (Fsp3) is 0.333. The molecule has 5 nitrogen and oxygen atoms in total. The van der Waals surface area contributed by atoms with Gasteiger partial charge in [0.1, 0.15) is 11.6 Å². The van der Waals surface area contributed by atoms with E-state index >= 15 is 0 Å². The number of hydrogen-bond donors (Lipinski definition) is 1. The Bertz CT molecular complexity index is 534. The standard InChI is InChI=1S/C12H14N2O3/c1-3-16-12(15)7-17-9-4-5-10-11(6-9)14-8(2)13-10/h4-6H,3,7H2,1-2H3,(H,13,14). The Morgan fingerprint density at radius 2 is 2.29 bits per heavy atom. The van der Waals surface area contributed by atoms with E-state index in [4.69, 9.17) is 9.47 Å². The van der Waals surface area contributed by atoms with Gasteiger partial charge in [0.2, 0.25) is 0 Å². The van der Waals surface area contributed by atoms with Gasteiger partial charge in [-0.05, 0) is 26.0 Å². The van der Waals surface area contributed by atoms with Crippen molar-refractivity contribution in [2.75, 3.05) is 13.2 Å². The second kappa shape index (κ2) is 4.86. The molecule has 0 spiro atoms. The number of carbonyl (C=O) groups excluding carboxylic acids is 1. The van der Waals surface area contributed by atoms with Crippen molar-refractivity contribution in [1.29, 1.82) is 0 Å².